The highest BCUT2D eigenvalue weighted by molar-refractivity contribution is 6.07. The highest BCUT2D eigenvalue weighted by Crippen LogP contribution is 2.14. The van der Waals surface area contributed by atoms with Gasteiger partial charge in [0.1, 0.15) is 18.1 Å². The topological polar surface area (TPSA) is 108 Å². The van der Waals surface area contributed by atoms with Crippen molar-refractivity contribution in [1.29, 1.82) is 5.26 Å². The molecule has 0 aliphatic heterocycles. The SMILES string of the molecule is N#Cc1ccnc(NC(=O)CC(=O)Nc2ccc3ccccc3n2)c1. The fourth-order valence-electron chi connectivity index (χ4n) is 2.22. The summed E-state index contributed by atoms with van der Waals surface area (Å²) in [6, 6.07) is 15.9. The Morgan fingerprint density at radius 3 is 2.56 bits per heavy atom. The van der Waals surface area contributed by atoms with Crippen molar-refractivity contribution in [1.82, 2.24) is 9.97 Å². The first-order chi connectivity index (χ1) is 12.1. The van der Waals surface area contributed by atoms with Crippen LogP contribution in [0.5, 0.6) is 0 Å². The number of hydrogen-bond acceptors (Lipinski definition) is 5. The number of carbonyl (C=O) groups excluding carboxylic acids is 2. The fourth-order valence-corrected chi connectivity index (χ4v) is 2.22. The molecule has 1 aromatic carbocycles. The molecule has 0 atom stereocenters. The van der Waals surface area contributed by atoms with E-state index >= 15 is 0 Å². The maximum Gasteiger partial charge on any atom is 0.234 e. The normalized spacial score (nSPS) is 10.0. The number of pyridine rings is 2. The van der Waals surface area contributed by atoms with Crippen molar-refractivity contribution in [2.24, 2.45) is 0 Å². The monoisotopic (exact) mass is 331 g/mol. The molecule has 0 unspecified atom stereocenters. The number of para-hydroxylation sites is 1. The number of hydrogen-bond donors (Lipinski definition) is 2. The van der Waals surface area contributed by atoms with Gasteiger partial charge in [0.15, 0.2) is 0 Å². The van der Waals surface area contributed by atoms with Crippen LogP contribution in [0.2, 0.25) is 0 Å². The molecule has 0 spiro atoms. The van der Waals surface area contributed by atoms with Crippen LogP contribution in [0.3, 0.4) is 0 Å². The molecule has 3 aromatic rings. The third-order valence-corrected chi connectivity index (χ3v) is 3.34. The number of carbonyl (C=O) groups is 2. The van der Waals surface area contributed by atoms with Crippen LogP contribution in [-0.4, -0.2) is 21.8 Å². The molecular weight excluding hydrogens is 318 g/mol. The standard InChI is InChI=1S/C18H13N5O2/c19-11-12-7-8-20-16(9-12)23-18(25)10-17(24)22-15-6-5-13-3-1-2-4-14(13)21-15/h1-9H,10H2,(H,20,23,25)(H,21,22,24). The quantitative estimate of drug-likeness (QED) is 0.714. The van der Waals surface area contributed by atoms with E-state index in [1.807, 2.05) is 36.4 Å². The van der Waals surface area contributed by atoms with Crippen LogP contribution < -0.4 is 10.6 Å². The Kier molecular flexibility index (Phi) is 4.62. The lowest BCUT2D eigenvalue weighted by molar-refractivity contribution is -0.123. The number of aromatic nitrogens is 2. The Morgan fingerprint density at radius 1 is 1.00 bits per heavy atom. The van der Waals surface area contributed by atoms with Gasteiger partial charge in [0.05, 0.1) is 17.1 Å². The molecule has 7 nitrogen and oxygen atoms in total. The second kappa shape index (κ2) is 7.19. The molecule has 2 N–H and O–H groups in total. The number of rotatable bonds is 4. The van der Waals surface area contributed by atoms with Crippen LogP contribution in [0, 0.1) is 11.3 Å². The highest BCUT2D eigenvalue weighted by Gasteiger charge is 2.11. The fraction of sp³-hybridized carbons (Fsp3) is 0.0556. The van der Waals surface area contributed by atoms with Crippen molar-refractivity contribution in [2.75, 3.05) is 10.6 Å². The van der Waals surface area contributed by atoms with E-state index in [2.05, 4.69) is 20.6 Å². The maximum absolute atomic E-state index is 12.0. The summed E-state index contributed by atoms with van der Waals surface area (Å²) < 4.78 is 0. The molecule has 0 aliphatic rings. The van der Waals surface area contributed by atoms with Gasteiger partial charge in [0.25, 0.3) is 0 Å². The first-order valence-corrected chi connectivity index (χ1v) is 7.46. The molecule has 2 aromatic heterocycles. The Hall–Kier alpha value is -3.79. The van der Waals surface area contributed by atoms with E-state index in [1.165, 1.54) is 18.3 Å². The van der Waals surface area contributed by atoms with E-state index in [0.717, 1.165) is 10.9 Å². The summed E-state index contributed by atoms with van der Waals surface area (Å²) in [4.78, 5) is 32.1. The Labute approximate surface area is 143 Å². The molecule has 0 aliphatic carbocycles. The smallest absolute Gasteiger partial charge is 0.234 e. The van der Waals surface area contributed by atoms with Crippen LogP contribution in [-0.2, 0) is 9.59 Å². The molecule has 0 bridgehead atoms. The summed E-state index contributed by atoms with van der Waals surface area (Å²) >= 11 is 0. The molecular formula is C18H13N5O2. The Morgan fingerprint density at radius 2 is 1.76 bits per heavy atom. The van der Waals surface area contributed by atoms with Gasteiger partial charge in [-0.25, -0.2) is 9.97 Å². The number of nitrogens with zero attached hydrogens (tertiary/aromatic N) is 3. The van der Waals surface area contributed by atoms with Gasteiger partial charge in [0, 0.05) is 11.6 Å². The van der Waals surface area contributed by atoms with Gasteiger partial charge in [0.2, 0.25) is 11.8 Å². The van der Waals surface area contributed by atoms with E-state index < -0.39 is 11.8 Å². The molecule has 7 heteroatoms. The summed E-state index contributed by atoms with van der Waals surface area (Å²) in [5.74, 6) is -0.417. The molecule has 3 rings (SSSR count). The maximum atomic E-state index is 12.0. The minimum Gasteiger partial charge on any atom is -0.310 e. The molecule has 2 heterocycles. The van der Waals surface area contributed by atoms with Crippen molar-refractivity contribution in [3.8, 4) is 6.07 Å². The second-order valence-electron chi connectivity index (χ2n) is 5.20. The molecule has 0 radical (unpaired) electrons. The molecule has 0 saturated carbocycles. The number of anilines is 2. The van der Waals surface area contributed by atoms with E-state index in [4.69, 9.17) is 5.26 Å². The highest BCUT2D eigenvalue weighted by atomic mass is 16.2. The summed E-state index contributed by atoms with van der Waals surface area (Å²) in [6.45, 7) is 0. The second-order valence-corrected chi connectivity index (χ2v) is 5.20. The van der Waals surface area contributed by atoms with Gasteiger partial charge < -0.3 is 10.6 Å². The zero-order chi connectivity index (χ0) is 17.6. The van der Waals surface area contributed by atoms with E-state index in [9.17, 15) is 9.59 Å². The van der Waals surface area contributed by atoms with Crippen LogP contribution >= 0.6 is 0 Å². The number of nitrogens with one attached hydrogen (secondary N) is 2. The molecule has 0 fully saturated rings. The summed E-state index contributed by atoms with van der Waals surface area (Å²) in [6.07, 6.45) is 1.03. The van der Waals surface area contributed by atoms with Gasteiger partial charge in [-0.2, -0.15) is 5.26 Å². The largest absolute Gasteiger partial charge is 0.310 e. The van der Waals surface area contributed by atoms with E-state index in [-0.39, 0.29) is 12.2 Å². The lowest BCUT2D eigenvalue weighted by atomic mass is 10.2. The number of fused-ring (bicyclic) bond motifs is 1. The predicted octanol–water partition coefficient (Wildman–Crippen LogP) is 2.47. The van der Waals surface area contributed by atoms with Gasteiger partial charge in [-0.1, -0.05) is 18.2 Å². The lowest BCUT2D eigenvalue weighted by Crippen LogP contribution is -2.22. The first kappa shape index (κ1) is 16.1. The average Bonchev–Trinajstić information content (AvgIpc) is 2.61. The van der Waals surface area contributed by atoms with Crippen LogP contribution in [0.1, 0.15) is 12.0 Å². The summed E-state index contributed by atoms with van der Waals surface area (Å²) in [7, 11) is 0. The summed E-state index contributed by atoms with van der Waals surface area (Å²) in [5, 5.41) is 14.8. The number of amides is 2. The van der Waals surface area contributed by atoms with Crippen molar-refractivity contribution in [2.45, 2.75) is 6.42 Å². The number of benzene rings is 1. The number of nitriles is 1. The van der Waals surface area contributed by atoms with Gasteiger partial charge in [-0.15, -0.1) is 0 Å². The zero-order valence-electron chi connectivity index (χ0n) is 13.1. The minimum atomic E-state index is -0.527. The third-order valence-electron chi connectivity index (χ3n) is 3.34. The lowest BCUT2D eigenvalue weighted by Gasteiger charge is -2.06. The molecule has 25 heavy (non-hydrogen) atoms. The Balaban J connectivity index is 1.61. The molecule has 2 amide bonds. The van der Waals surface area contributed by atoms with Crippen LogP contribution in [0.4, 0.5) is 11.6 Å². The van der Waals surface area contributed by atoms with Gasteiger partial charge >= 0.3 is 0 Å². The van der Waals surface area contributed by atoms with Gasteiger partial charge in [-0.05, 0) is 30.3 Å². The average molecular weight is 331 g/mol. The first-order valence-electron chi connectivity index (χ1n) is 7.46. The Bertz CT molecular complexity index is 994. The van der Waals surface area contributed by atoms with Crippen molar-refractivity contribution in [3.63, 3.8) is 0 Å². The van der Waals surface area contributed by atoms with Gasteiger partial charge in [-0.3, -0.25) is 9.59 Å². The van der Waals surface area contributed by atoms with Crippen LogP contribution in [0.15, 0.2) is 54.7 Å². The van der Waals surface area contributed by atoms with E-state index in [0.29, 0.717) is 11.4 Å². The predicted molar refractivity (Wildman–Crippen MR) is 92.6 cm³/mol. The molecule has 0 saturated heterocycles. The third kappa shape index (κ3) is 4.14. The summed E-state index contributed by atoms with van der Waals surface area (Å²) in [5.41, 5.74) is 1.12. The van der Waals surface area contributed by atoms with Crippen molar-refractivity contribution in [3.05, 3.63) is 60.3 Å². The van der Waals surface area contributed by atoms with Crippen molar-refractivity contribution >= 4 is 34.4 Å². The van der Waals surface area contributed by atoms with Crippen LogP contribution in [0.25, 0.3) is 10.9 Å². The van der Waals surface area contributed by atoms with Crippen molar-refractivity contribution < 1.29 is 9.59 Å². The van der Waals surface area contributed by atoms with E-state index in [1.54, 1.807) is 6.07 Å². The minimum absolute atomic E-state index is 0.223. The molecule has 122 valence electrons. The zero-order valence-corrected chi connectivity index (χ0v) is 13.1.